The Morgan fingerprint density at radius 1 is 1.33 bits per heavy atom. The van der Waals surface area contributed by atoms with Crippen molar-refractivity contribution in [2.45, 2.75) is 38.8 Å². The zero-order valence-electron chi connectivity index (χ0n) is 10.6. The van der Waals surface area contributed by atoms with Gasteiger partial charge in [0.25, 0.3) is 0 Å². The summed E-state index contributed by atoms with van der Waals surface area (Å²) in [5.74, 6) is 0.841. The predicted octanol–water partition coefficient (Wildman–Crippen LogP) is 3.62. The molecule has 1 saturated carbocycles. The number of hydrogen-bond acceptors (Lipinski definition) is 3. The van der Waals surface area contributed by atoms with Crippen LogP contribution in [0.25, 0.3) is 0 Å². The van der Waals surface area contributed by atoms with Crippen LogP contribution in [0.4, 0.5) is 0 Å². The van der Waals surface area contributed by atoms with E-state index in [-0.39, 0.29) is 0 Å². The Kier molecular flexibility index (Phi) is 3.43. The van der Waals surface area contributed by atoms with Crippen molar-refractivity contribution in [3.63, 3.8) is 0 Å². The molecule has 2 nitrogen and oxygen atoms in total. The molecule has 0 aliphatic heterocycles. The third kappa shape index (κ3) is 2.79. The molecule has 1 fully saturated rings. The highest BCUT2D eigenvalue weighted by Gasteiger charge is 2.23. The molecular weight excluding hydrogens is 240 g/mol. The van der Waals surface area contributed by atoms with Gasteiger partial charge in [-0.25, -0.2) is 4.98 Å². The first-order valence-corrected chi connectivity index (χ1v) is 7.39. The van der Waals surface area contributed by atoms with Gasteiger partial charge in [0.15, 0.2) is 0 Å². The summed E-state index contributed by atoms with van der Waals surface area (Å²) in [6.45, 7) is 3.93. The summed E-state index contributed by atoms with van der Waals surface area (Å²) in [5.41, 5.74) is 5.98. The summed E-state index contributed by atoms with van der Waals surface area (Å²) in [7, 11) is 0. The number of aromatic nitrogens is 1. The predicted molar refractivity (Wildman–Crippen MR) is 75.8 cm³/mol. The molecule has 1 aliphatic carbocycles. The molecule has 0 atom stereocenters. The van der Waals surface area contributed by atoms with E-state index in [2.05, 4.69) is 41.5 Å². The second kappa shape index (κ2) is 5.21. The van der Waals surface area contributed by atoms with Crippen LogP contribution in [0.5, 0.6) is 0 Å². The molecule has 3 heteroatoms. The van der Waals surface area contributed by atoms with Gasteiger partial charge in [0.2, 0.25) is 0 Å². The van der Waals surface area contributed by atoms with Gasteiger partial charge < -0.3 is 5.32 Å². The van der Waals surface area contributed by atoms with Crippen LogP contribution < -0.4 is 5.32 Å². The Morgan fingerprint density at radius 3 is 2.94 bits per heavy atom. The molecule has 0 bridgehead atoms. The van der Waals surface area contributed by atoms with Gasteiger partial charge in [0.1, 0.15) is 0 Å². The monoisotopic (exact) mass is 258 g/mol. The standard InChI is InChI=1S/C15H18N2S/c1-11-15(18-10-17-11)9-16-8-12-3-2-4-14(7-12)13-5-6-13/h2-4,7,10,13,16H,5-6,8-9H2,1H3. The highest BCUT2D eigenvalue weighted by molar-refractivity contribution is 7.09. The molecule has 3 rings (SSSR count). The number of benzene rings is 1. The molecule has 1 aromatic carbocycles. The van der Waals surface area contributed by atoms with Crippen LogP contribution in [-0.2, 0) is 13.1 Å². The number of rotatable bonds is 5. The minimum atomic E-state index is 0.841. The molecule has 94 valence electrons. The second-order valence-corrected chi connectivity index (χ2v) is 5.92. The maximum Gasteiger partial charge on any atom is 0.0798 e. The largest absolute Gasteiger partial charge is 0.308 e. The van der Waals surface area contributed by atoms with Gasteiger partial charge in [0, 0.05) is 18.0 Å². The molecular formula is C15H18N2S. The number of thiazole rings is 1. The highest BCUT2D eigenvalue weighted by atomic mass is 32.1. The van der Waals surface area contributed by atoms with E-state index in [0.29, 0.717) is 0 Å². The fourth-order valence-corrected chi connectivity index (χ4v) is 2.94. The molecule has 1 heterocycles. The van der Waals surface area contributed by atoms with Crippen molar-refractivity contribution in [1.82, 2.24) is 10.3 Å². The van der Waals surface area contributed by atoms with Crippen molar-refractivity contribution in [2.24, 2.45) is 0 Å². The molecule has 1 aliphatic rings. The van der Waals surface area contributed by atoms with Gasteiger partial charge in [-0.05, 0) is 36.8 Å². The summed E-state index contributed by atoms with van der Waals surface area (Å²) in [5, 5.41) is 3.50. The first kappa shape index (κ1) is 11.9. The van der Waals surface area contributed by atoms with E-state index >= 15 is 0 Å². The average molecular weight is 258 g/mol. The topological polar surface area (TPSA) is 24.9 Å². The van der Waals surface area contributed by atoms with E-state index in [1.165, 1.54) is 28.8 Å². The van der Waals surface area contributed by atoms with E-state index in [1.54, 1.807) is 11.3 Å². The Hall–Kier alpha value is -1.19. The molecule has 0 saturated heterocycles. The van der Waals surface area contributed by atoms with Crippen molar-refractivity contribution in [3.05, 3.63) is 51.5 Å². The Balaban J connectivity index is 1.56. The smallest absolute Gasteiger partial charge is 0.0798 e. The molecule has 1 aromatic heterocycles. The highest BCUT2D eigenvalue weighted by Crippen LogP contribution is 2.40. The van der Waals surface area contributed by atoms with Crippen LogP contribution in [-0.4, -0.2) is 4.98 Å². The number of hydrogen-bond donors (Lipinski definition) is 1. The zero-order valence-corrected chi connectivity index (χ0v) is 11.5. The molecule has 0 radical (unpaired) electrons. The molecule has 0 amide bonds. The van der Waals surface area contributed by atoms with Gasteiger partial charge in [-0.1, -0.05) is 24.3 Å². The van der Waals surface area contributed by atoms with Crippen molar-refractivity contribution >= 4 is 11.3 Å². The molecule has 0 unspecified atom stereocenters. The fraction of sp³-hybridized carbons (Fsp3) is 0.400. The molecule has 2 aromatic rings. The lowest BCUT2D eigenvalue weighted by molar-refractivity contribution is 0.696. The maximum absolute atomic E-state index is 4.27. The number of nitrogens with one attached hydrogen (secondary N) is 1. The van der Waals surface area contributed by atoms with Gasteiger partial charge in [-0.15, -0.1) is 11.3 Å². The SMILES string of the molecule is Cc1ncsc1CNCc1cccc(C2CC2)c1. The normalized spacial score (nSPS) is 14.9. The van der Waals surface area contributed by atoms with Crippen molar-refractivity contribution in [2.75, 3.05) is 0 Å². The van der Waals surface area contributed by atoms with Crippen molar-refractivity contribution < 1.29 is 0 Å². The summed E-state index contributed by atoms with van der Waals surface area (Å²) in [6.07, 6.45) is 2.74. The summed E-state index contributed by atoms with van der Waals surface area (Å²) < 4.78 is 0. The van der Waals surface area contributed by atoms with Crippen LogP contribution in [0.3, 0.4) is 0 Å². The van der Waals surface area contributed by atoms with Crippen LogP contribution in [0.15, 0.2) is 29.8 Å². The minimum Gasteiger partial charge on any atom is -0.308 e. The quantitative estimate of drug-likeness (QED) is 0.886. The molecule has 18 heavy (non-hydrogen) atoms. The average Bonchev–Trinajstić information content (AvgIpc) is 3.15. The van der Waals surface area contributed by atoms with E-state index in [9.17, 15) is 0 Å². The second-order valence-electron chi connectivity index (χ2n) is 4.98. The van der Waals surface area contributed by atoms with Crippen LogP contribution in [0, 0.1) is 6.92 Å². The van der Waals surface area contributed by atoms with Crippen LogP contribution in [0.2, 0.25) is 0 Å². The van der Waals surface area contributed by atoms with Crippen molar-refractivity contribution in [1.29, 1.82) is 0 Å². The van der Waals surface area contributed by atoms with Crippen LogP contribution in [0.1, 0.15) is 40.5 Å². The Bertz CT molecular complexity index is 529. The Morgan fingerprint density at radius 2 is 2.22 bits per heavy atom. The van der Waals surface area contributed by atoms with Gasteiger partial charge in [0.05, 0.1) is 11.2 Å². The zero-order chi connectivity index (χ0) is 12.4. The first-order chi connectivity index (χ1) is 8.83. The fourth-order valence-electron chi connectivity index (χ4n) is 2.19. The van der Waals surface area contributed by atoms with Crippen LogP contribution >= 0.6 is 11.3 Å². The third-order valence-electron chi connectivity index (χ3n) is 3.46. The Labute approximate surface area is 112 Å². The number of nitrogens with zero attached hydrogens (tertiary/aromatic N) is 1. The summed E-state index contributed by atoms with van der Waals surface area (Å²) in [4.78, 5) is 5.61. The van der Waals surface area contributed by atoms with Gasteiger partial charge in [-0.2, -0.15) is 0 Å². The van der Waals surface area contributed by atoms with E-state index < -0.39 is 0 Å². The minimum absolute atomic E-state index is 0.841. The number of aryl methyl sites for hydroxylation is 1. The molecule has 0 spiro atoms. The lowest BCUT2D eigenvalue weighted by Gasteiger charge is -2.06. The third-order valence-corrected chi connectivity index (χ3v) is 4.39. The van der Waals surface area contributed by atoms with Gasteiger partial charge >= 0.3 is 0 Å². The van der Waals surface area contributed by atoms with E-state index in [0.717, 1.165) is 24.7 Å². The lowest BCUT2D eigenvalue weighted by Crippen LogP contribution is -2.12. The van der Waals surface area contributed by atoms with E-state index in [1.807, 2.05) is 5.51 Å². The lowest BCUT2D eigenvalue weighted by atomic mass is 10.1. The maximum atomic E-state index is 4.27. The van der Waals surface area contributed by atoms with Crippen molar-refractivity contribution in [3.8, 4) is 0 Å². The summed E-state index contributed by atoms with van der Waals surface area (Å²) >= 11 is 1.73. The molecule has 1 N–H and O–H groups in total. The first-order valence-electron chi connectivity index (χ1n) is 6.51. The summed E-state index contributed by atoms with van der Waals surface area (Å²) in [6, 6.07) is 9.00. The van der Waals surface area contributed by atoms with E-state index in [4.69, 9.17) is 0 Å². The van der Waals surface area contributed by atoms with Gasteiger partial charge in [-0.3, -0.25) is 0 Å².